The first-order valence-corrected chi connectivity index (χ1v) is 7.16. The molecule has 0 heterocycles. The van der Waals surface area contributed by atoms with Gasteiger partial charge in [0.05, 0.1) is 16.9 Å². The molecule has 1 aliphatic carbocycles. The van der Waals surface area contributed by atoms with Crippen molar-refractivity contribution in [1.82, 2.24) is 5.32 Å². The summed E-state index contributed by atoms with van der Waals surface area (Å²) in [5.74, 6) is -2.48. The minimum Gasteiger partial charge on any atom is -0.396 e. The first kappa shape index (κ1) is 15.7. The lowest BCUT2D eigenvalue weighted by Gasteiger charge is -2.26. The molecule has 4 N–H and O–H groups in total. The van der Waals surface area contributed by atoms with Gasteiger partial charge in [-0.15, -0.1) is 0 Å². The van der Waals surface area contributed by atoms with Gasteiger partial charge in [-0.3, -0.25) is 4.79 Å². The number of nitrogen functional groups attached to an aromatic ring is 1. The van der Waals surface area contributed by atoms with Crippen LogP contribution in [0.15, 0.2) is 12.1 Å². The number of carbonyl (C=O) groups excluding carboxylic acids is 1. The molecule has 21 heavy (non-hydrogen) atoms. The Morgan fingerprint density at radius 3 is 2.48 bits per heavy atom. The molecule has 2 rings (SSSR count). The maximum absolute atomic E-state index is 13.7. The van der Waals surface area contributed by atoms with E-state index in [0.717, 1.165) is 37.8 Å². The molecule has 0 spiro atoms. The average Bonchev–Trinajstić information content (AvgIpc) is 2.65. The van der Waals surface area contributed by atoms with E-state index in [1.807, 2.05) is 0 Å². The second-order valence-electron chi connectivity index (χ2n) is 5.68. The molecule has 0 radical (unpaired) electrons. The maximum atomic E-state index is 13.7. The van der Waals surface area contributed by atoms with E-state index in [1.165, 1.54) is 0 Å². The molecule has 0 aromatic heterocycles. The summed E-state index contributed by atoms with van der Waals surface area (Å²) in [5, 5.41) is 12.9. The lowest BCUT2D eigenvalue weighted by molar-refractivity contribution is 0.0246. The molecule has 6 heteroatoms. The first-order chi connectivity index (χ1) is 9.91. The molecule has 0 unspecified atom stereocenters. The van der Waals surface area contributed by atoms with Crippen LogP contribution in [0.25, 0.3) is 0 Å². The highest BCUT2D eigenvalue weighted by atomic mass is 19.1. The Morgan fingerprint density at radius 1 is 1.24 bits per heavy atom. The van der Waals surface area contributed by atoms with E-state index < -0.39 is 34.4 Å². The van der Waals surface area contributed by atoms with Gasteiger partial charge in [0, 0.05) is 6.54 Å². The smallest absolute Gasteiger partial charge is 0.254 e. The summed E-state index contributed by atoms with van der Waals surface area (Å²) < 4.78 is 27.0. The molecule has 0 bridgehead atoms. The monoisotopic (exact) mass is 298 g/mol. The predicted molar refractivity (Wildman–Crippen MR) is 75.8 cm³/mol. The van der Waals surface area contributed by atoms with Gasteiger partial charge < -0.3 is 16.2 Å². The Labute approximate surface area is 122 Å². The van der Waals surface area contributed by atoms with Crippen molar-refractivity contribution in [3.05, 3.63) is 29.3 Å². The molecule has 116 valence electrons. The van der Waals surface area contributed by atoms with Crippen molar-refractivity contribution < 1.29 is 18.7 Å². The third-order valence-electron chi connectivity index (χ3n) is 3.92. The third kappa shape index (κ3) is 3.91. The molecule has 1 aromatic rings. The van der Waals surface area contributed by atoms with E-state index in [0.29, 0.717) is 12.8 Å². The molecule has 4 nitrogen and oxygen atoms in total. The standard InChI is InChI=1S/C15H20F2N2O2/c16-10-7-11(13(17)12(18)8-10)14(20)19-9-15(21)5-3-1-2-4-6-15/h7-8,21H,1-6,9,18H2,(H,19,20). The quantitative estimate of drug-likeness (QED) is 0.592. The number of hydrogen-bond acceptors (Lipinski definition) is 3. The van der Waals surface area contributed by atoms with Gasteiger partial charge in [0.1, 0.15) is 5.82 Å². The fourth-order valence-electron chi connectivity index (χ4n) is 2.68. The summed E-state index contributed by atoms with van der Waals surface area (Å²) in [6.45, 7) is 0.0295. The normalized spacial score (nSPS) is 18.0. The highest BCUT2D eigenvalue weighted by Gasteiger charge is 2.29. The number of anilines is 1. The fourth-order valence-corrected chi connectivity index (χ4v) is 2.68. The van der Waals surface area contributed by atoms with E-state index in [9.17, 15) is 18.7 Å². The van der Waals surface area contributed by atoms with Crippen molar-refractivity contribution in [2.75, 3.05) is 12.3 Å². The number of carbonyl (C=O) groups is 1. The third-order valence-corrected chi connectivity index (χ3v) is 3.92. The van der Waals surface area contributed by atoms with Crippen LogP contribution < -0.4 is 11.1 Å². The Morgan fingerprint density at radius 2 is 1.86 bits per heavy atom. The topological polar surface area (TPSA) is 75.4 Å². The summed E-state index contributed by atoms with van der Waals surface area (Å²) in [6.07, 6.45) is 5.11. The zero-order valence-electron chi connectivity index (χ0n) is 11.8. The largest absolute Gasteiger partial charge is 0.396 e. The molecule has 0 aliphatic heterocycles. The second kappa shape index (κ2) is 6.39. The van der Waals surface area contributed by atoms with Gasteiger partial charge in [0.25, 0.3) is 5.91 Å². The van der Waals surface area contributed by atoms with E-state index >= 15 is 0 Å². The molecule has 1 aromatic carbocycles. The van der Waals surface area contributed by atoms with E-state index in [-0.39, 0.29) is 6.54 Å². The van der Waals surface area contributed by atoms with Crippen LogP contribution in [0.4, 0.5) is 14.5 Å². The van der Waals surface area contributed by atoms with Crippen LogP contribution >= 0.6 is 0 Å². The Balaban J connectivity index is 2.05. The lowest BCUT2D eigenvalue weighted by Crippen LogP contribution is -2.42. The number of aliphatic hydroxyl groups is 1. The van der Waals surface area contributed by atoms with E-state index in [1.54, 1.807) is 0 Å². The van der Waals surface area contributed by atoms with Crippen LogP contribution in [0.2, 0.25) is 0 Å². The van der Waals surface area contributed by atoms with Crippen LogP contribution in [0.5, 0.6) is 0 Å². The number of halogens is 2. The highest BCUT2D eigenvalue weighted by molar-refractivity contribution is 5.95. The number of nitrogens with one attached hydrogen (secondary N) is 1. The Hall–Kier alpha value is -1.69. The summed E-state index contributed by atoms with van der Waals surface area (Å²) in [6, 6.07) is 1.63. The molecule has 1 aliphatic rings. The molecule has 1 fully saturated rings. The molecule has 1 amide bonds. The maximum Gasteiger partial charge on any atom is 0.254 e. The van der Waals surface area contributed by atoms with E-state index in [4.69, 9.17) is 5.73 Å². The zero-order valence-corrected chi connectivity index (χ0v) is 11.8. The van der Waals surface area contributed by atoms with Gasteiger partial charge >= 0.3 is 0 Å². The second-order valence-corrected chi connectivity index (χ2v) is 5.68. The van der Waals surface area contributed by atoms with E-state index in [2.05, 4.69) is 5.32 Å². The van der Waals surface area contributed by atoms with Gasteiger partial charge in [0.2, 0.25) is 0 Å². The summed E-state index contributed by atoms with van der Waals surface area (Å²) >= 11 is 0. The Bertz CT molecular complexity index is 527. The van der Waals surface area contributed by atoms with Crippen molar-refractivity contribution in [3.8, 4) is 0 Å². The van der Waals surface area contributed by atoms with Crippen molar-refractivity contribution in [3.63, 3.8) is 0 Å². The number of benzene rings is 1. The van der Waals surface area contributed by atoms with Crippen molar-refractivity contribution in [2.45, 2.75) is 44.1 Å². The van der Waals surface area contributed by atoms with Crippen LogP contribution in [-0.4, -0.2) is 23.2 Å². The van der Waals surface area contributed by atoms with Gasteiger partial charge in [-0.05, 0) is 25.0 Å². The molecular weight excluding hydrogens is 278 g/mol. The highest BCUT2D eigenvalue weighted by Crippen LogP contribution is 2.26. The number of amides is 1. The van der Waals surface area contributed by atoms with Gasteiger partial charge in [-0.1, -0.05) is 25.7 Å². The number of nitrogens with two attached hydrogens (primary N) is 1. The van der Waals surface area contributed by atoms with Crippen molar-refractivity contribution in [1.29, 1.82) is 0 Å². The summed E-state index contributed by atoms with van der Waals surface area (Å²) in [5.41, 5.74) is 3.48. The summed E-state index contributed by atoms with van der Waals surface area (Å²) in [4.78, 5) is 12.0. The Kier molecular flexibility index (Phi) is 4.77. The number of hydrogen-bond donors (Lipinski definition) is 3. The molecule has 0 atom stereocenters. The molecule has 1 saturated carbocycles. The van der Waals surface area contributed by atoms with Crippen molar-refractivity contribution >= 4 is 11.6 Å². The van der Waals surface area contributed by atoms with Gasteiger partial charge in [-0.25, -0.2) is 8.78 Å². The van der Waals surface area contributed by atoms with Gasteiger partial charge in [0.15, 0.2) is 5.82 Å². The van der Waals surface area contributed by atoms with Crippen LogP contribution in [0.1, 0.15) is 48.9 Å². The average molecular weight is 298 g/mol. The van der Waals surface area contributed by atoms with Crippen LogP contribution in [-0.2, 0) is 0 Å². The predicted octanol–water partition coefficient (Wildman–Crippen LogP) is 2.36. The van der Waals surface area contributed by atoms with Crippen LogP contribution in [0.3, 0.4) is 0 Å². The summed E-state index contributed by atoms with van der Waals surface area (Å²) in [7, 11) is 0. The first-order valence-electron chi connectivity index (χ1n) is 7.16. The fraction of sp³-hybridized carbons (Fsp3) is 0.533. The minimum absolute atomic E-state index is 0.0295. The molecular formula is C15H20F2N2O2. The number of rotatable bonds is 3. The molecule has 0 saturated heterocycles. The SMILES string of the molecule is Nc1cc(F)cc(C(=O)NCC2(O)CCCCCC2)c1F. The van der Waals surface area contributed by atoms with Crippen LogP contribution in [0, 0.1) is 11.6 Å². The van der Waals surface area contributed by atoms with Crippen molar-refractivity contribution in [2.24, 2.45) is 0 Å². The lowest BCUT2D eigenvalue weighted by atomic mass is 9.94. The zero-order chi connectivity index (χ0) is 15.5. The van der Waals surface area contributed by atoms with Gasteiger partial charge in [-0.2, -0.15) is 0 Å². The minimum atomic E-state index is -0.971.